The monoisotopic (exact) mass is 396 g/mol. The summed E-state index contributed by atoms with van der Waals surface area (Å²) in [5.41, 5.74) is 4.41. The third kappa shape index (κ3) is 5.66. The maximum Gasteiger partial charge on any atom is 0.191 e. The summed E-state index contributed by atoms with van der Waals surface area (Å²) < 4.78 is 2.06. The van der Waals surface area contributed by atoms with Gasteiger partial charge < -0.3 is 10.6 Å². The standard InChI is InChI=1S/C21H28N6S/c1-4-22-21(23-11-8-12-27-17(3)13-16(2)26-27)24-14-19-15-28-20(25-19)18-9-6-5-7-10-18/h5-7,9-10,13,15H,4,8,11-12,14H2,1-3H3,(H2,22,23,24). The van der Waals surface area contributed by atoms with Crippen LogP contribution in [-0.2, 0) is 13.1 Å². The number of benzene rings is 1. The van der Waals surface area contributed by atoms with E-state index in [0.29, 0.717) is 6.54 Å². The molecule has 7 heteroatoms. The zero-order valence-electron chi connectivity index (χ0n) is 16.8. The predicted molar refractivity (Wildman–Crippen MR) is 117 cm³/mol. The summed E-state index contributed by atoms with van der Waals surface area (Å²) in [6, 6.07) is 12.4. The minimum atomic E-state index is 0.566. The number of aromatic nitrogens is 3. The van der Waals surface area contributed by atoms with Gasteiger partial charge in [0, 0.05) is 36.3 Å². The molecule has 2 N–H and O–H groups in total. The lowest BCUT2D eigenvalue weighted by molar-refractivity contribution is 0.555. The first-order chi connectivity index (χ1) is 13.7. The van der Waals surface area contributed by atoms with Gasteiger partial charge in [-0.3, -0.25) is 4.68 Å². The van der Waals surface area contributed by atoms with Crippen molar-refractivity contribution in [1.29, 1.82) is 0 Å². The zero-order valence-corrected chi connectivity index (χ0v) is 17.6. The van der Waals surface area contributed by atoms with Crippen LogP contribution < -0.4 is 10.6 Å². The predicted octanol–water partition coefficient (Wildman–Crippen LogP) is 3.77. The molecule has 0 saturated carbocycles. The first-order valence-corrected chi connectivity index (χ1v) is 10.6. The molecule has 0 saturated heterocycles. The summed E-state index contributed by atoms with van der Waals surface area (Å²) >= 11 is 1.66. The van der Waals surface area contributed by atoms with Crippen molar-refractivity contribution in [1.82, 2.24) is 25.4 Å². The molecule has 0 fully saturated rings. The summed E-state index contributed by atoms with van der Waals surface area (Å²) in [6.07, 6.45) is 0.987. The van der Waals surface area contributed by atoms with Crippen molar-refractivity contribution in [3.05, 3.63) is 58.9 Å². The van der Waals surface area contributed by atoms with Crippen LogP contribution in [0, 0.1) is 13.8 Å². The Labute approximate surface area is 170 Å². The van der Waals surface area contributed by atoms with Gasteiger partial charge in [0.05, 0.1) is 17.9 Å². The molecular formula is C21H28N6S. The molecule has 0 unspecified atom stereocenters. The second-order valence-corrected chi connectivity index (χ2v) is 7.49. The molecule has 0 aliphatic rings. The average Bonchev–Trinajstić information content (AvgIpc) is 3.30. The van der Waals surface area contributed by atoms with E-state index in [4.69, 9.17) is 4.98 Å². The highest BCUT2D eigenvalue weighted by molar-refractivity contribution is 7.13. The number of hydrogen-bond acceptors (Lipinski definition) is 4. The SMILES string of the molecule is CCNC(=NCc1csc(-c2ccccc2)n1)NCCCn1nc(C)cc1C. The second-order valence-electron chi connectivity index (χ2n) is 6.64. The van der Waals surface area contributed by atoms with Gasteiger partial charge >= 0.3 is 0 Å². The smallest absolute Gasteiger partial charge is 0.191 e. The van der Waals surface area contributed by atoms with Gasteiger partial charge in [-0.1, -0.05) is 30.3 Å². The number of rotatable bonds is 8. The second kappa shape index (κ2) is 10.0. The highest BCUT2D eigenvalue weighted by Gasteiger charge is 2.05. The Morgan fingerprint density at radius 3 is 2.71 bits per heavy atom. The largest absolute Gasteiger partial charge is 0.357 e. The quantitative estimate of drug-likeness (QED) is 0.346. The van der Waals surface area contributed by atoms with E-state index in [9.17, 15) is 0 Å². The molecule has 0 atom stereocenters. The zero-order chi connectivity index (χ0) is 19.8. The highest BCUT2D eigenvalue weighted by atomic mass is 32.1. The number of thiazole rings is 1. The van der Waals surface area contributed by atoms with E-state index in [0.717, 1.165) is 54.0 Å². The van der Waals surface area contributed by atoms with Crippen LogP contribution in [-0.4, -0.2) is 33.8 Å². The first kappa shape index (κ1) is 20.1. The molecule has 3 rings (SSSR count). The number of aryl methyl sites for hydroxylation is 3. The van der Waals surface area contributed by atoms with E-state index in [1.54, 1.807) is 11.3 Å². The molecule has 0 radical (unpaired) electrons. The number of aliphatic imine (C=N–C) groups is 1. The van der Waals surface area contributed by atoms with Crippen LogP contribution >= 0.6 is 11.3 Å². The number of nitrogens with zero attached hydrogens (tertiary/aromatic N) is 4. The molecular weight excluding hydrogens is 368 g/mol. The lowest BCUT2D eigenvalue weighted by Gasteiger charge is -2.11. The van der Waals surface area contributed by atoms with Crippen LogP contribution in [0.2, 0.25) is 0 Å². The molecule has 0 spiro atoms. The van der Waals surface area contributed by atoms with E-state index in [1.165, 1.54) is 5.69 Å². The van der Waals surface area contributed by atoms with Crippen molar-refractivity contribution < 1.29 is 0 Å². The van der Waals surface area contributed by atoms with E-state index in [-0.39, 0.29) is 0 Å². The van der Waals surface area contributed by atoms with Crippen molar-refractivity contribution in [3.8, 4) is 10.6 Å². The van der Waals surface area contributed by atoms with Crippen molar-refractivity contribution in [2.75, 3.05) is 13.1 Å². The van der Waals surface area contributed by atoms with E-state index >= 15 is 0 Å². The fourth-order valence-corrected chi connectivity index (χ4v) is 3.75. The van der Waals surface area contributed by atoms with Gasteiger partial charge in [0.2, 0.25) is 0 Å². The summed E-state index contributed by atoms with van der Waals surface area (Å²) in [6.45, 7) is 9.33. The third-order valence-corrected chi connectivity index (χ3v) is 5.20. The van der Waals surface area contributed by atoms with Gasteiger partial charge in [0.15, 0.2) is 5.96 Å². The summed E-state index contributed by atoms with van der Waals surface area (Å²) in [4.78, 5) is 9.38. The van der Waals surface area contributed by atoms with Crippen molar-refractivity contribution in [2.24, 2.45) is 4.99 Å². The maximum absolute atomic E-state index is 4.71. The third-order valence-electron chi connectivity index (χ3n) is 4.26. The highest BCUT2D eigenvalue weighted by Crippen LogP contribution is 2.23. The van der Waals surface area contributed by atoms with Crippen LogP contribution in [0.1, 0.15) is 30.4 Å². The molecule has 2 heterocycles. The molecule has 148 valence electrons. The Bertz CT molecular complexity index is 897. The Kier molecular flexibility index (Phi) is 7.19. The van der Waals surface area contributed by atoms with Crippen molar-refractivity contribution >= 4 is 17.3 Å². The average molecular weight is 397 g/mol. The van der Waals surface area contributed by atoms with Crippen molar-refractivity contribution in [3.63, 3.8) is 0 Å². The van der Waals surface area contributed by atoms with Crippen LogP contribution in [0.3, 0.4) is 0 Å². The minimum absolute atomic E-state index is 0.566. The topological polar surface area (TPSA) is 67.1 Å². The van der Waals surface area contributed by atoms with Gasteiger partial charge in [-0.15, -0.1) is 11.3 Å². The summed E-state index contributed by atoms with van der Waals surface area (Å²) in [5, 5.41) is 14.3. The van der Waals surface area contributed by atoms with Crippen molar-refractivity contribution in [2.45, 2.75) is 40.3 Å². The summed E-state index contributed by atoms with van der Waals surface area (Å²) in [5.74, 6) is 0.824. The lowest BCUT2D eigenvalue weighted by atomic mass is 10.2. The first-order valence-electron chi connectivity index (χ1n) is 9.68. The molecule has 0 aliphatic carbocycles. The molecule has 1 aromatic carbocycles. The molecule has 0 aliphatic heterocycles. The fourth-order valence-electron chi connectivity index (χ4n) is 2.93. The van der Waals surface area contributed by atoms with Crippen LogP contribution in [0.25, 0.3) is 10.6 Å². The number of guanidine groups is 1. The minimum Gasteiger partial charge on any atom is -0.357 e. The van der Waals surface area contributed by atoms with Gasteiger partial charge in [-0.25, -0.2) is 9.98 Å². The molecule has 3 aromatic rings. The van der Waals surface area contributed by atoms with Gasteiger partial charge in [0.25, 0.3) is 0 Å². The van der Waals surface area contributed by atoms with Crippen LogP contribution in [0.5, 0.6) is 0 Å². The Morgan fingerprint density at radius 1 is 1.18 bits per heavy atom. The lowest BCUT2D eigenvalue weighted by Crippen LogP contribution is -2.38. The normalized spacial score (nSPS) is 11.6. The Balaban J connectivity index is 1.51. The summed E-state index contributed by atoms with van der Waals surface area (Å²) in [7, 11) is 0. The Morgan fingerprint density at radius 2 is 2.00 bits per heavy atom. The molecule has 0 amide bonds. The maximum atomic E-state index is 4.71. The van der Waals surface area contributed by atoms with E-state index in [1.807, 2.05) is 25.1 Å². The van der Waals surface area contributed by atoms with Crippen LogP contribution in [0.4, 0.5) is 0 Å². The number of nitrogens with one attached hydrogen (secondary N) is 2. The van der Waals surface area contributed by atoms with Gasteiger partial charge in [-0.05, 0) is 33.3 Å². The van der Waals surface area contributed by atoms with Gasteiger partial charge in [0.1, 0.15) is 5.01 Å². The van der Waals surface area contributed by atoms with E-state index < -0.39 is 0 Å². The molecule has 6 nitrogen and oxygen atoms in total. The van der Waals surface area contributed by atoms with Gasteiger partial charge in [-0.2, -0.15) is 5.10 Å². The molecule has 28 heavy (non-hydrogen) atoms. The molecule has 0 bridgehead atoms. The Hall–Kier alpha value is -2.67. The van der Waals surface area contributed by atoms with Crippen LogP contribution in [0.15, 0.2) is 46.8 Å². The molecule has 2 aromatic heterocycles. The fraction of sp³-hybridized carbons (Fsp3) is 0.381. The number of hydrogen-bond donors (Lipinski definition) is 2. The van der Waals surface area contributed by atoms with E-state index in [2.05, 4.69) is 62.8 Å².